The van der Waals surface area contributed by atoms with Crippen molar-refractivity contribution in [2.75, 3.05) is 31.1 Å². The molecule has 0 N–H and O–H groups in total. The Morgan fingerprint density at radius 3 is 2.45 bits per heavy atom. The summed E-state index contributed by atoms with van der Waals surface area (Å²) < 4.78 is 31.5. The number of hydrogen-bond donors (Lipinski definition) is 0. The lowest BCUT2D eigenvalue weighted by atomic mass is 10.2. The van der Waals surface area contributed by atoms with Gasteiger partial charge < -0.3 is 9.42 Å². The van der Waals surface area contributed by atoms with Crippen molar-refractivity contribution in [3.8, 4) is 11.4 Å². The van der Waals surface area contributed by atoms with Crippen LogP contribution in [0, 0.1) is 0 Å². The van der Waals surface area contributed by atoms with Crippen molar-refractivity contribution in [3.63, 3.8) is 0 Å². The first-order valence-corrected chi connectivity index (χ1v) is 11.1. The van der Waals surface area contributed by atoms with Crippen molar-refractivity contribution in [1.82, 2.24) is 24.4 Å². The zero-order valence-electron chi connectivity index (χ0n) is 16.1. The maximum absolute atomic E-state index is 12.6. The standard InChI is InChI=1S/C19H22N6O3S/c1-2-16-13-18(22-19(21-16)15-3-6-20-7-4-15)24-8-10-25(11-9-24)29(26,27)14-17-5-12-28-23-17/h3-7,12-13H,2,8-11,14H2,1H3. The van der Waals surface area contributed by atoms with Crippen LogP contribution in [-0.4, -0.2) is 59.0 Å². The summed E-state index contributed by atoms with van der Waals surface area (Å²) in [6.07, 6.45) is 5.61. The number of rotatable bonds is 6. The Balaban J connectivity index is 1.49. The van der Waals surface area contributed by atoms with Crippen LogP contribution in [0.2, 0.25) is 0 Å². The second-order valence-corrected chi connectivity index (χ2v) is 8.73. The largest absolute Gasteiger partial charge is 0.364 e. The molecule has 1 aliphatic heterocycles. The average Bonchev–Trinajstić information content (AvgIpc) is 3.26. The predicted molar refractivity (Wildman–Crippen MR) is 108 cm³/mol. The molecular formula is C19H22N6O3S. The van der Waals surface area contributed by atoms with Gasteiger partial charge >= 0.3 is 0 Å². The quantitative estimate of drug-likeness (QED) is 0.601. The molecule has 0 atom stereocenters. The van der Waals surface area contributed by atoms with E-state index in [4.69, 9.17) is 9.51 Å². The van der Waals surface area contributed by atoms with Gasteiger partial charge in [0, 0.05) is 62.0 Å². The highest BCUT2D eigenvalue weighted by atomic mass is 32.2. The molecule has 1 aliphatic rings. The summed E-state index contributed by atoms with van der Waals surface area (Å²) in [7, 11) is -3.43. The van der Waals surface area contributed by atoms with Gasteiger partial charge in [0.1, 0.15) is 17.8 Å². The normalized spacial score (nSPS) is 15.6. The molecule has 0 saturated carbocycles. The van der Waals surface area contributed by atoms with Crippen LogP contribution in [0.15, 0.2) is 47.4 Å². The van der Waals surface area contributed by atoms with Crippen molar-refractivity contribution in [3.05, 3.63) is 54.3 Å². The molecule has 0 amide bonds. The first-order valence-electron chi connectivity index (χ1n) is 9.45. The van der Waals surface area contributed by atoms with E-state index in [1.165, 1.54) is 10.6 Å². The van der Waals surface area contributed by atoms with Crippen molar-refractivity contribution < 1.29 is 12.9 Å². The van der Waals surface area contributed by atoms with Gasteiger partial charge in [-0.05, 0) is 18.6 Å². The van der Waals surface area contributed by atoms with E-state index in [0.29, 0.717) is 37.7 Å². The molecule has 0 unspecified atom stereocenters. The summed E-state index contributed by atoms with van der Waals surface area (Å²) in [5.74, 6) is 1.32. The molecule has 3 aromatic rings. The van der Waals surface area contributed by atoms with Gasteiger partial charge in [0.15, 0.2) is 5.82 Å². The minimum absolute atomic E-state index is 0.150. The van der Waals surface area contributed by atoms with Gasteiger partial charge in [-0.2, -0.15) is 4.31 Å². The second-order valence-electron chi connectivity index (χ2n) is 6.76. The molecule has 29 heavy (non-hydrogen) atoms. The Labute approximate surface area is 169 Å². The predicted octanol–water partition coefficient (Wildman–Crippen LogP) is 1.74. The van der Waals surface area contributed by atoms with E-state index < -0.39 is 10.0 Å². The smallest absolute Gasteiger partial charge is 0.220 e. The number of nitrogens with zero attached hydrogens (tertiary/aromatic N) is 6. The number of aromatic nitrogens is 4. The lowest BCUT2D eigenvalue weighted by molar-refractivity contribution is 0.380. The van der Waals surface area contributed by atoms with Crippen molar-refractivity contribution in [1.29, 1.82) is 0 Å². The molecule has 4 heterocycles. The zero-order chi connectivity index (χ0) is 20.3. The van der Waals surface area contributed by atoms with Crippen LogP contribution in [0.3, 0.4) is 0 Å². The van der Waals surface area contributed by atoms with E-state index in [-0.39, 0.29) is 5.75 Å². The van der Waals surface area contributed by atoms with Crippen molar-refractivity contribution >= 4 is 15.8 Å². The van der Waals surface area contributed by atoms with E-state index in [0.717, 1.165) is 23.5 Å². The van der Waals surface area contributed by atoms with E-state index >= 15 is 0 Å². The molecule has 1 saturated heterocycles. The van der Waals surface area contributed by atoms with Gasteiger partial charge in [0.2, 0.25) is 10.0 Å². The van der Waals surface area contributed by atoms with Gasteiger partial charge in [-0.25, -0.2) is 18.4 Å². The Kier molecular flexibility index (Phi) is 5.54. The van der Waals surface area contributed by atoms with Crippen LogP contribution < -0.4 is 4.90 Å². The number of hydrogen-bond acceptors (Lipinski definition) is 8. The van der Waals surface area contributed by atoms with Gasteiger partial charge in [-0.3, -0.25) is 4.98 Å². The third kappa shape index (κ3) is 4.43. The zero-order valence-corrected chi connectivity index (χ0v) is 16.9. The summed E-state index contributed by atoms with van der Waals surface area (Å²) in [6.45, 7) is 3.98. The lowest BCUT2D eigenvalue weighted by Gasteiger charge is -2.34. The Morgan fingerprint density at radius 1 is 1.03 bits per heavy atom. The third-order valence-corrected chi connectivity index (χ3v) is 6.66. The molecule has 3 aromatic heterocycles. The highest BCUT2D eigenvalue weighted by molar-refractivity contribution is 7.88. The summed E-state index contributed by atoms with van der Waals surface area (Å²) in [5.41, 5.74) is 2.27. The maximum Gasteiger partial charge on any atom is 0.220 e. The number of pyridine rings is 1. The SMILES string of the molecule is CCc1cc(N2CCN(S(=O)(=O)Cc3ccon3)CC2)nc(-c2ccncc2)n1. The highest BCUT2D eigenvalue weighted by Crippen LogP contribution is 2.22. The first-order chi connectivity index (χ1) is 14.0. The molecule has 10 heteroatoms. The van der Waals surface area contributed by atoms with Gasteiger partial charge in [-0.15, -0.1) is 0 Å². The van der Waals surface area contributed by atoms with E-state index in [2.05, 4.69) is 26.9 Å². The maximum atomic E-state index is 12.6. The van der Waals surface area contributed by atoms with E-state index in [9.17, 15) is 8.42 Å². The summed E-state index contributed by atoms with van der Waals surface area (Å²) in [6, 6.07) is 7.31. The number of sulfonamides is 1. The van der Waals surface area contributed by atoms with Crippen molar-refractivity contribution in [2.45, 2.75) is 19.1 Å². The van der Waals surface area contributed by atoms with Crippen LogP contribution in [0.25, 0.3) is 11.4 Å². The minimum Gasteiger partial charge on any atom is -0.364 e. The van der Waals surface area contributed by atoms with Gasteiger partial charge in [0.05, 0.1) is 5.69 Å². The fourth-order valence-electron chi connectivity index (χ4n) is 3.24. The fourth-order valence-corrected chi connectivity index (χ4v) is 4.67. The number of piperazine rings is 1. The molecule has 0 aliphatic carbocycles. The lowest BCUT2D eigenvalue weighted by Crippen LogP contribution is -2.49. The molecule has 0 aromatic carbocycles. The van der Waals surface area contributed by atoms with E-state index in [1.54, 1.807) is 18.5 Å². The van der Waals surface area contributed by atoms with Crippen LogP contribution in [-0.2, 0) is 22.2 Å². The van der Waals surface area contributed by atoms with Crippen molar-refractivity contribution in [2.24, 2.45) is 0 Å². The molecule has 1 fully saturated rings. The first kappa shape index (κ1) is 19.5. The van der Waals surface area contributed by atoms with Crippen LogP contribution in [0.1, 0.15) is 18.3 Å². The van der Waals surface area contributed by atoms with Crippen LogP contribution >= 0.6 is 0 Å². The monoisotopic (exact) mass is 414 g/mol. The topological polar surface area (TPSA) is 105 Å². The van der Waals surface area contributed by atoms with Crippen LogP contribution in [0.4, 0.5) is 5.82 Å². The minimum atomic E-state index is -3.43. The van der Waals surface area contributed by atoms with Gasteiger partial charge in [0.25, 0.3) is 0 Å². The third-order valence-electron chi connectivity index (χ3n) is 4.84. The Bertz CT molecular complexity index is 1050. The highest BCUT2D eigenvalue weighted by Gasteiger charge is 2.28. The Morgan fingerprint density at radius 2 is 1.79 bits per heavy atom. The molecule has 152 valence electrons. The number of aryl methyl sites for hydroxylation is 1. The Hall–Kier alpha value is -2.85. The average molecular weight is 414 g/mol. The fraction of sp³-hybridized carbons (Fsp3) is 0.368. The van der Waals surface area contributed by atoms with E-state index in [1.807, 2.05) is 18.2 Å². The summed E-state index contributed by atoms with van der Waals surface area (Å²) in [4.78, 5) is 15.5. The van der Waals surface area contributed by atoms with Gasteiger partial charge in [-0.1, -0.05) is 12.1 Å². The molecule has 0 spiro atoms. The molecule has 0 radical (unpaired) electrons. The number of anilines is 1. The molecular weight excluding hydrogens is 392 g/mol. The summed E-state index contributed by atoms with van der Waals surface area (Å²) >= 11 is 0. The molecule has 9 nitrogen and oxygen atoms in total. The summed E-state index contributed by atoms with van der Waals surface area (Å²) in [5, 5.41) is 3.70. The molecule has 4 rings (SSSR count). The molecule has 0 bridgehead atoms. The second kappa shape index (κ2) is 8.26. The van der Waals surface area contributed by atoms with Crippen LogP contribution in [0.5, 0.6) is 0 Å².